The van der Waals surface area contributed by atoms with Crippen LogP contribution in [0.2, 0.25) is 5.15 Å². The number of aryl methyl sites for hydroxylation is 2. The summed E-state index contributed by atoms with van der Waals surface area (Å²) in [4.78, 5) is 37.3. The van der Waals surface area contributed by atoms with Gasteiger partial charge in [0.15, 0.2) is 11.0 Å². The number of carbonyl (C=O) groups is 2. The Labute approximate surface area is 173 Å². The van der Waals surface area contributed by atoms with Crippen LogP contribution in [-0.4, -0.2) is 64.3 Å². The molecule has 1 amide bonds. The molecule has 3 N–H and O–H groups in total. The zero-order valence-corrected chi connectivity index (χ0v) is 17.3. The van der Waals surface area contributed by atoms with Gasteiger partial charge in [0.05, 0.1) is 23.4 Å². The summed E-state index contributed by atoms with van der Waals surface area (Å²) in [5.74, 6) is -0.574. The third-order valence-corrected chi connectivity index (χ3v) is 5.30. The number of aromatic amines is 1. The highest BCUT2D eigenvalue weighted by Crippen LogP contribution is 2.22. The Bertz CT molecular complexity index is 916. The van der Waals surface area contributed by atoms with Crippen molar-refractivity contribution in [3.8, 4) is 0 Å². The molecule has 29 heavy (non-hydrogen) atoms. The first-order valence-electron chi connectivity index (χ1n) is 9.37. The molecule has 0 bridgehead atoms. The molecule has 2 aromatic rings. The number of hydrogen-bond acceptors (Lipinski definition) is 6. The van der Waals surface area contributed by atoms with Gasteiger partial charge in [-0.2, -0.15) is 0 Å². The lowest BCUT2D eigenvalue weighted by atomic mass is 10.0. The van der Waals surface area contributed by atoms with Gasteiger partial charge >= 0.3 is 5.97 Å². The Kier molecular flexibility index (Phi) is 6.39. The maximum Gasteiger partial charge on any atom is 0.335 e. The number of ether oxygens (including phenoxy) is 1. The van der Waals surface area contributed by atoms with Crippen LogP contribution in [0.3, 0.4) is 0 Å². The number of carboxylic acid groups (broad SMARTS) is 1. The monoisotopic (exact) mass is 421 g/mol. The van der Waals surface area contributed by atoms with Gasteiger partial charge in [0.25, 0.3) is 5.91 Å². The average Bonchev–Trinajstić information content (AvgIpc) is 3.08. The zero-order valence-electron chi connectivity index (χ0n) is 16.5. The topological polar surface area (TPSA) is 120 Å². The van der Waals surface area contributed by atoms with Crippen LogP contribution in [0.4, 0.5) is 5.82 Å². The van der Waals surface area contributed by atoms with E-state index in [0.717, 1.165) is 5.69 Å². The second-order valence-corrected chi connectivity index (χ2v) is 7.32. The van der Waals surface area contributed by atoms with Crippen molar-refractivity contribution in [1.82, 2.24) is 20.3 Å². The van der Waals surface area contributed by atoms with Crippen molar-refractivity contribution in [2.45, 2.75) is 38.8 Å². The Hall–Kier alpha value is -2.65. The summed E-state index contributed by atoms with van der Waals surface area (Å²) in [7, 11) is 1.58. The summed E-state index contributed by atoms with van der Waals surface area (Å²) in [5, 5.41) is 12.5. The van der Waals surface area contributed by atoms with Gasteiger partial charge < -0.3 is 25.0 Å². The summed E-state index contributed by atoms with van der Waals surface area (Å²) in [6.07, 6.45) is 0.969. The SMILES string of the molecule is CCc1[nH]c(C(=O)N[C@@H]2CCN(c3cc(C(=O)O)cc(C)n3)C[C@@H]2OC)nc1Cl. The Morgan fingerprint density at radius 3 is 2.79 bits per heavy atom. The summed E-state index contributed by atoms with van der Waals surface area (Å²) in [6, 6.07) is 2.87. The van der Waals surface area contributed by atoms with E-state index < -0.39 is 5.97 Å². The second-order valence-electron chi connectivity index (χ2n) is 6.96. The summed E-state index contributed by atoms with van der Waals surface area (Å²) >= 11 is 6.02. The zero-order chi connectivity index (χ0) is 21.1. The molecule has 0 aromatic carbocycles. The normalized spacial score (nSPS) is 19.2. The fourth-order valence-corrected chi connectivity index (χ4v) is 3.70. The standard InChI is InChI=1S/C19H24ClN5O4/c1-4-12-16(20)24-17(22-12)18(26)23-13-5-6-25(9-14(13)29-3)15-8-11(19(27)28)7-10(2)21-15/h7-8,13-14H,4-6,9H2,1-3H3,(H,22,24)(H,23,26)(H,27,28)/t13-,14+/m1/s1. The molecule has 1 aliphatic heterocycles. The Morgan fingerprint density at radius 2 is 2.17 bits per heavy atom. The van der Waals surface area contributed by atoms with Gasteiger partial charge in [0.2, 0.25) is 0 Å². The number of carbonyl (C=O) groups excluding carboxylic acids is 1. The van der Waals surface area contributed by atoms with Gasteiger partial charge in [-0.05, 0) is 31.9 Å². The van der Waals surface area contributed by atoms with Crippen molar-refractivity contribution in [3.05, 3.63) is 40.1 Å². The van der Waals surface area contributed by atoms with Crippen LogP contribution < -0.4 is 10.2 Å². The number of methoxy groups -OCH3 is 1. The maximum atomic E-state index is 12.6. The first-order chi connectivity index (χ1) is 13.8. The fourth-order valence-electron chi connectivity index (χ4n) is 3.43. The van der Waals surface area contributed by atoms with Gasteiger partial charge in [-0.3, -0.25) is 4.79 Å². The van der Waals surface area contributed by atoms with E-state index >= 15 is 0 Å². The Balaban J connectivity index is 1.71. The summed E-state index contributed by atoms with van der Waals surface area (Å²) in [5.41, 5.74) is 1.54. The molecule has 3 rings (SSSR count). The van der Waals surface area contributed by atoms with Crippen molar-refractivity contribution in [1.29, 1.82) is 0 Å². The molecule has 2 aromatic heterocycles. The summed E-state index contributed by atoms with van der Waals surface area (Å²) < 4.78 is 5.59. The van der Waals surface area contributed by atoms with E-state index in [9.17, 15) is 14.7 Å². The lowest BCUT2D eigenvalue weighted by Crippen LogP contribution is -2.55. The number of imidazole rings is 1. The van der Waals surface area contributed by atoms with E-state index in [2.05, 4.69) is 20.3 Å². The van der Waals surface area contributed by atoms with E-state index in [1.54, 1.807) is 20.1 Å². The number of pyridine rings is 1. The van der Waals surface area contributed by atoms with Crippen LogP contribution >= 0.6 is 11.6 Å². The predicted octanol–water partition coefficient (Wildman–Crippen LogP) is 2.05. The number of rotatable bonds is 6. The largest absolute Gasteiger partial charge is 0.478 e. The minimum Gasteiger partial charge on any atom is -0.478 e. The van der Waals surface area contributed by atoms with E-state index in [1.165, 1.54) is 6.07 Å². The highest BCUT2D eigenvalue weighted by atomic mass is 35.5. The number of anilines is 1. The number of aromatic nitrogens is 3. The van der Waals surface area contributed by atoms with Crippen molar-refractivity contribution >= 4 is 29.3 Å². The van der Waals surface area contributed by atoms with Crippen LogP contribution in [0.5, 0.6) is 0 Å². The van der Waals surface area contributed by atoms with E-state index in [-0.39, 0.29) is 29.4 Å². The van der Waals surface area contributed by atoms with Crippen LogP contribution in [0, 0.1) is 6.92 Å². The first-order valence-corrected chi connectivity index (χ1v) is 9.75. The van der Waals surface area contributed by atoms with Crippen LogP contribution in [-0.2, 0) is 11.2 Å². The van der Waals surface area contributed by atoms with Crippen LogP contribution in [0.25, 0.3) is 0 Å². The number of aromatic carboxylic acids is 1. The van der Waals surface area contributed by atoms with Crippen molar-refractivity contribution in [3.63, 3.8) is 0 Å². The molecule has 0 saturated carbocycles. The molecule has 1 fully saturated rings. The molecule has 1 aliphatic rings. The molecule has 3 heterocycles. The first kappa shape index (κ1) is 21.1. The average molecular weight is 422 g/mol. The number of piperidine rings is 1. The highest BCUT2D eigenvalue weighted by molar-refractivity contribution is 6.30. The molecule has 0 radical (unpaired) electrons. The van der Waals surface area contributed by atoms with Crippen molar-refractivity contribution < 1.29 is 19.4 Å². The third kappa shape index (κ3) is 4.68. The quantitative estimate of drug-likeness (QED) is 0.652. The number of nitrogens with zero attached hydrogens (tertiary/aromatic N) is 3. The molecule has 0 unspecified atom stereocenters. The third-order valence-electron chi connectivity index (χ3n) is 4.99. The fraction of sp³-hybridized carbons (Fsp3) is 0.474. The molecule has 0 spiro atoms. The van der Waals surface area contributed by atoms with Crippen molar-refractivity contribution in [2.75, 3.05) is 25.1 Å². The lowest BCUT2D eigenvalue weighted by Gasteiger charge is -2.38. The molecule has 0 aliphatic carbocycles. The molecule has 9 nitrogen and oxygen atoms in total. The summed E-state index contributed by atoms with van der Waals surface area (Å²) in [6.45, 7) is 4.75. The van der Waals surface area contributed by atoms with E-state index in [1.807, 2.05) is 11.8 Å². The number of halogens is 1. The van der Waals surface area contributed by atoms with Crippen LogP contribution in [0.1, 0.15) is 45.7 Å². The number of carboxylic acids is 1. The van der Waals surface area contributed by atoms with Gasteiger partial charge in [0, 0.05) is 25.9 Å². The van der Waals surface area contributed by atoms with Gasteiger partial charge in [0.1, 0.15) is 5.82 Å². The molecule has 10 heteroatoms. The van der Waals surface area contributed by atoms with Crippen LogP contribution in [0.15, 0.2) is 12.1 Å². The van der Waals surface area contributed by atoms with Crippen molar-refractivity contribution in [2.24, 2.45) is 0 Å². The number of nitrogens with one attached hydrogen (secondary N) is 2. The van der Waals surface area contributed by atoms with Gasteiger partial charge in [-0.15, -0.1) is 0 Å². The van der Waals surface area contributed by atoms with Gasteiger partial charge in [-0.1, -0.05) is 18.5 Å². The molecule has 1 saturated heterocycles. The van der Waals surface area contributed by atoms with E-state index in [4.69, 9.17) is 16.3 Å². The number of H-pyrrole nitrogens is 1. The smallest absolute Gasteiger partial charge is 0.335 e. The van der Waals surface area contributed by atoms with E-state index in [0.29, 0.717) is 42.6 Å². The van der Waals surface area contributed by atoms with Gasteiger partial charge in [-0.25, -0.2) is 14.8 Å². The lowest BCUT2D eigenvalue weighted by molar-refractivity contribution is 0.0536. The Morgan fingerprint density at radius 1 is 1.41 bits per heavy atom. The second kappa shape index (κ2) is 8.79. The predicted molar refractivity (Wildman–Crippen MR) is 108 cm³/mol. The molecule has 2 atom stereocenters. The maximum absolute atomic E-state index is 12.6. The molecular weight excluding hydrogens is 398 g/mol. The highest BCUT2D eigenvalue weighted by Gasteiger charge is 2.32. The molecular formula is C19H24ClN5O4. The number of amides is 1. The minimum absolute atomic E-state index is 0.176. The minimum atomic E-state index is -0.995. The molecule has 156 valence electrons. The number of hydrogen-bond donors (Lipinski definition) is 3.